The minimum Gasteiger partial charge on any atom is -0.459 e. The standard InChI is InChI=1S/C18H17N3O2S/c22-18(14-7-10-24-12-14)23-15-5-8-21(9-6-15)17-16-4-2-1-3-13(16)11-19-20-17/h1-4,7,10-12,15H,5-6,8-9H2. The molecular weight excluding hydrogens is 322 g/mol. The number of benzene rings is 1. The maximum atomic E-state index is 12.0. The fourth-order valence-corrected chi connectivity index (χ4v) is 3.66. The Labute approximate surface area is 143 Å². The summed E-state index contributed by atoms with van der Waals surface area (Å²) in [5, 5.41) is 14.4. The van der Waals surface area contributed by atoms with Gasteiger partial charge in [0.1, 0.15) is 6.10 Å². The van der Waals surface area contributed by atoms with E-state index in [0.717, 1.165) is 42.5 Å². The molecule has 3 aromatic rings. The van der Waals surface area contributed by atoms with Gasteiger partial charge in [-0.05, 0) is 11.4 Å². The fourth-order valence-electron chi connectivity index (χ4n) is 3.03. The highest BCUT2D eigenvalue weighted by Crippen LogP contribution is 2.26. The van der Waals surface area contributed by atoms with Gasteiger partial charge in [0.15, 0.2) is 5.82 Å². The summed E-state index contributed by atoms with van der Waals surface area (Å²) in [7, 11) is 0. The molecule has 4 rings (SSSR count). The Kier molecular flexibility index (Phi) is 4.13. The first-order valence-corrected chi connectivity index (χ1v) is 8.94. The second-order valence-electron chi connectivity index (χ2n) is 5.86. The van der Waals surface area contributed by atoms with Crippen molar-refractivity contribution in [3.63, 3.8) is 0 Å². The predicted molar refractivity (Wildman–Crippen MR) is 94.5 cm³/mol. The largest absolute Gasteiger partial charge is 0.459 e. The molecule has 1 fully saturated rings. The Bertz CT molecular complexity index is 837. The van der Waals surface area contributed by atoms with Crippen LogP contribution >= 0.6 is 11.3 Å². The van der Waals surface area contributed by atoms with Crippen molar-refractivity contribution in [2.75, 3.05) is 18.0 Å². The first-order valence-electron chi connectivity index (χ1n) is 8.00. The quantitative estimate of drug-likeness (QED) is 0.684. The maximum absolute atomic E-state index is 12.0. The summed E-state index contributed by atoms with van der Waals surface area (Å²) in [4.78, 5) is 14.3. The average Bonchev–Trinajstić information content (AvgIpc) is 3.17. The van der Waals surface area contributed by atoms with Crippen LogP contribution in [0.4, 0.5) is 5.82 Å². The Morgan fingerprint density at radius 3 is 2.83 bits per heavy atom. The minimum atomic E-state index is -0.223. The molecule has 1 aromatic carbocycles. The van der Waals surface area contributed by atoms with E-state index in [1.165, 1.54) is 11.3 Å². The summed E-state index contributed by atoms with van der Waals surface area (Å²) in [6.45, 7) is 1.62. The number of hydrogen-bond acceptors (Lipinski definition) is 6. The zero-order valence-electron chi connectivity index (χ0n) is 13.1. The third kappa shape index (κ3) is 2.97. The number of aromatic nitrogens is 2. The van der Waals surface area contributed by atoms with Crippen LogP contribution in [0.5, 0.6) is 0 Å². The van der Waals surface area contributed by atoms with Gasteiger partial charge in [-0.2, -0.15) is 16.4 Å². The summed E-state index contributed by atoms with van der Waals surface area (Å²) in [6, 6.07) is 9.94. The maximum Gasteiger partial charge on any atom is 0.339 e. The normalized spacial score (nSPS) is 15.6. The minimum absolute atomic E-state index is 0.0309. The van der Waals surface area contributed by atoms with Gasteiger partial charge in [0, 0.05) is 42.1 Å². The topological polar surface area (TPSA) is 55.3 Å². The smallest absolute Gasteiger partial charge is 0.339 e. The van der Waals surface area contributed by atoms with Crippen molar-refractivity contribution < 1.29 is 9.53 Å². The Morgan fingerprint density at radius 1 is 1.21 bits per heavy atom. The van der Waals surface area contributed by atoms with Crippen LogP contribution in [0.15, 0.2) is 47.3 Å². The van der Waals surface area contributed by atoms with Crippen LogP contribution in [0.1, 0.15) is 23.2 Å². The molecule has 0 radical (unpaired) electrons. The summed E-state index contributed by atoms with van der Waals surface area (Å²) in [5.74, 6) is 0.690. The first kappa shape index (κ1) is 15.1. The van der Waals surface area contributed by atoms with Gasteiger partial charge in [-0.3, -0.25) is 0 Å². The lowest BCUT2D eigenvalue weighted by Crippen LogP contribution is -2.38. The second kappa shape index (κ2) is 6.57. The van der Waals surface area contributed by atoms with Gasteiger partial charge >= 0.3 is 5.97 Å². The van der Waals surface area contributed by atoms with Gasteiger partial charge in [0.25, 0.3) is 0 Å². The monoisotopic (exact) mass is 339 g/mol. The molecule has 0 N–H and O–H groups in total. The van der Waals surface area contributed by atoms with Crippen molar-refractivity contribution in [2.45, 2.75) is 18.9 Å². The van der Waals surface area contributed by atoms with E-state index in [1.54, 1.807) is 12.3 Å². The van der Waals surface area contributed by atoms with Crippen LogP contribution in [-0.4, -0.2) is 35.4 Å². The molecule has 0 atom stereocenters. The number of ether oxygens (including phenoxy) is 1. The van der Waals surface area contributed by atoms with E-state index in [9.17, 15) is 4.79 Å². The van der Waals surface area contributed by atoms with Crippen LogP contribution in [0.2, 0.25) is 0 Å². The van der Waals surface area contributed by atoms with Crippen molar-refractivity contribution in [2.24, 2.45) is 0 Å². The summed E-state index contributed by atoms with van der Waals surface area (Å²) in [5.41, 5.74) is 0.641. The number of piperidine rings is 1. The van der Waals surface area contributed by atoms with Crippen molar-refractivity contribution in [3.8, 4) is 0 Å². The molecule has 0 aliphatic carbocycles. The van der Waals surface area contributed by atoms with Crippen LogP contribution in [-0.2, 0) is 4.74 Å². The number of carbonyl (C=O) groups excluding carboxylic acids is 1. The van der Waals surface area contributed by atoms with Crippen molar-refractivity contribution in [1.29, 1.82) is 0 Å². The highest BCUT2D eigenvalue weighted by Gasteiger charge is 2.24. The molecule has 0 spiro atoms. The van der Waals surface area contributed by atoms with Gasteiger partial charge in [-0.25, -0.2) is 4.79 Å². The lowest BCUT2D eigenvalue weighted by Gasteiger charge is -2.32. The van der Waals surface area contributed by atoms with Gasteiger partial charge in [-0.1, -0.05) is 24.3 Å². The van der Waals surface area contributed by atoms with Crippen LogP contribution in [0.25, 0.3) is 10.8 Å². The highest BCUT2D eigenvalue weighted by molar-refractivity contribution is 7.08. The van der Waals surface area contributed by atoms with Crippen LogP contribution in [0.3, 0.4) is 0 Å². The number of fused-ring (bicyclic) bond motifs is 1. The third-order valence-corrected chi connectivity index (χ3v) is 5.01. The molecule has 0 unspecified atom stereocenters. The van der Waals surface area contributed by atoms with Crippen molar-refractivity contribution >= 4 is 33.9 Å². The summed E-state index contributed by atoms with van der Waals surface area (Å²) < 4.78 is 5.61. The lowest BCUT2D eigenvalue weighted by molar-refractivity contribution is 0.0245. The molecule has 1 aliphatic rings. The third-order valence-electron chi connectivity index (χ3n) is 4.32. The van der Waals surface area contributed by atoms with Gasteiger partial charge in [0.2, 0.25) is 0 Å². The zero-order valence-corrected chi connectivity index (χ0v) is 13.9. The number of anilines is 1. The molecule has 24 heavy (non-hydrogen) atoms. The molecule has 122 valence electrons. The lowest BCUT2D eigenvalue weighted by atomic mass is 10.1. The van der Waals surface area contributed by atoms with E-state index >= 15 is 0 Å². The van der Waals surface area contributed by atoms with E-state index in [2.05, 4.69) is 21.2 Å². The number of rotatable bonds is 3. The van der Waals surface area contributed by atoms with E-state index < -0.39 is 0 Å². The number of nitrogens with zero attached hydrogens (tertiary/aromatic N) is 3. The van der Waals surface area contributed by atoms with E-state index in [4.69, 9.17) is 4.74 Å². The molecule has 2 aromatic heterocycles. The molecule has 1 saturated heterocycles. The molecular formula is C18H17N3O2S. The molecule has 5 nitrogen and oxygen atoms in total. The number of thiophene rings is 1. The summed E-state index contributed by atoms with van der Waals surface area (Å²) in [6.07, 6.45) is 3.37. The number of hydrogen-bond donors (Lipinski definition) is 0. The average molecular weight is 339 g/mol. The van der Waals surface area contributed by atoms with Crippen LogP contribution in [0, 0.1) is 0 Å². The molecule has 0 amide bonds. The predicted octanol–water partition coefficient (Wildman–Crippen LogP) is 3.52. The number of carbonyl (C=O) groups is 1. The van der Waals surface area contributed by atoms with Gasteiger partial charge in [0.05, 0.1) is 11.8 Å². The molecule has 1 aliphatic heterocycles. The van der Waals surface area contributed by atoms with E-state index in [0.29, 0.717) is 5.56 Å². The van der Waals surface area contributed by atoms with Crippen molar-refractivity contribution in [3.05, 3.63) is 52.9 Å². The zero-order chi connectivity index (χ0) is 16.4. The van der Waals surface area contributed by atoms with E-state index in [-0.39, 0.29) is 12.1 Å². The number of esters is 1. The Hall–Kier alpha value is -2.47. The molecule has 0 saturated carbocycles. The first-order chi connectivity index (χ1) is 11.8. The van der Waals surface area contributed by atoms with Gasteiger partial charge in [-0.15, -0.1) is 5.10 Å². The summed E-state index contributed by atoms with van der Waals surface area (Å²) >= 11 is 1.50. The van der Waals surface area contributed by atoms with Crippen molar-refractivity contribution in [1.82, 2.24) is 10.2 Å². The highest BCUT2D eigenvalue weighted by atomic mass is 32.1. The molecule has 3 heterocycles. The second-order valence-corrected chi connectivity index (χ2v) is 6.64. The molecule has 0 bridgehead atoms. The van der Waals surface area contributed by atoms with E-state index in [1.807, 2.05) is 29.0 Å². The molecule has 6 heteroatoms. The van der Waals surface area contributed by atoms with Gasteiger partial charge < -0.3 is 9.64 Å². The Balaban J connectivity index is 1.43. The SMILES string of the molecule is O=C(OC1CCN(c2nncc3ccccc23)CC1)c1ccsc1. The van der Waals surface area contributed by atoms with Crippen LogP contribution < -0.4 is 4.90 Å². The fraction of sp³-hybridized carbons (Fsp3) is 0.278. The Morgan fingerprint density at radius 2 is 2.04 bits per heavy atom.